The Bertz CT molecular complexity index is 1330. The third-order valence-corrected chi connectivity index (χ3v) is 7.58. The highest BCUT2D eigenvalue weighted by Crippen LogP contribution is 2.54. The summed E-state index contributed by atoms with van der Waals surface area (Å²) in [6.45, 7) is 0. The molecule has 3 aliphatic carbocycles. The Kier molecular flexibility index (Phi) is 6.08. The fourth-order valence-corrected chi connectivity index (χ4v) is 5.96. The Morgan fingerprint density at radius 3 is 2.27 bits per heavy atom. The number of methoxy groups -OCH3 is 1. The molecule has 0 spiro atoms. The van der Waals surface area contributed by atoms with Gasteiger partial charge in [-0.3, -0.25) is 19.3 Å². The molecular weight excluding hydrogens is 486 g/mol. The van der Waals surface area contributed by atoms with Crippen LogP contribution in [0.3, 0.4) is 0 Å². The van der Waals surface area contributed by atoms with Gasteiger partial charge in [-0.15, -0.1) is 0 Å². The minimum absolute atomic E-state index is 0.0296. The van der Waals surface area contributed by atoms with Crippen LogP contribution in [0.5, 0.6) is 5.75 Å². The fourth-order valence-electron chi connectivity index (χ4n) is 5.96. The third-order valence-electron chi connectivity index (χ3n) is 7.58. The summed E-state index contributed by atoms with van der Waals surface area (Å²) in [5.41, 5.74) is 1.91. The number of rotatable bonds is 4. The summed E-state index contributed by atoms with van der Waals surface area (Å²) in [7, 11) is 7.59. The van der Waals surface area contributed by atoms with Gasteiger partial charge in [0.25, 0.3) is 5.91 Å². The summed E-state index contributed by atoms with van der Waals surface area (Å²) in [6.07, 6.45) is 0.0786. The zero-order chi connectivity index (χ0) is 27.7. The van der Waals surface area contributed by atoms with Crippen molar-refractivity contribution in [1.82, 2.24) is 4.90 Å². The van der Waals surface area contributed by atoms with Crippen molar-refractivity contribution in [3.8, 4) is 5.75 Å². The Hall–Kier alpha value is -3.90. The number of primary amides is 1. The maximum atomic E-state index is 13.9. The van der Waals surface area contributed by atoms with E-state index in [1.165, 1.54) is 25.1 Å². The van der Waals surface area contributed by atoms with Crippen LogP contribution in [0.1, 0.15) is 27.9 Å². The maximum Gasteiger partial charge on any atom is 0.341 e. The minimum Gasteiger partial charge on any atom is -0.508 e. The number of nitrogens with zero attached hydrogens (tertiary/aromatic N) is 2. The summed E-state index contributed by atoms with van der Waals surface area (Å²) >= 11 is 0. The lowest BCUT2D eigenvalue weighted by molar-refractivity contribution is -0.153. The Morgan fingerprint density at radius 1 is 1.14 bits per heavy atom. The van der Waals surface area contributed by atoms with Crippen molar-refractivity contribution in [3.63, 3.8) is 0 Å². The van der Waals surface area contributed by atoms with E-state index in [1.54, 1.807) is 19.0 Å². The topological polar surface area (TPSA) is 191 Å². The van der Waals surface area contributed by atoms with Crippen molar-refractivity contribution in [2.45, 2.75) is 24.5 Å². The lowest BCUT2D eigenvalue weighted by Crippen LogP contribution is -2.65. The molecule has 1 unspecified atom stereocenters. The van der Waals surface area contributed by atoms with Crippen molar-refractivity contribution < 1.29 is 44.3 Å². The molecule has 0 heterocycles. The average Bonchev–Trinajstić information content (AvgIpc) is 2.80. The van der Waals surface area contributed by atoms with Gasteiger partial charge >= 0.3 is 5.97 Å². The van der Waals surface area contributed by atoms with E-state index in [1.807, 2.05) is 0 Å². The number of hydrogen-bond donors (Lipinski definition) is 5. The Morgan fingerprint density at radius 2 is 1.76 bits per heavy atom. The lowest BCUT2D eigenvalue weighted by atomic mass is 9.57. The van der Waals surface area contributed by atoms with Gasteiger partial charge in [0.05, 0.1) is 18.7 Å². The molecule has 12 nitrogen and oxygen atoms in total. The van der Waals surface area contributed by atoms with E-state index < -0.39 is 69.8 Å². The second-order valence-electron chi connectivity index (χ2n) is 9.99. The number of Topliss-reactive ketones (excluding diaryl/α,β-unsaturated/α-hetero) is 2. The highest BCUT2D eigenvalue weighted by atomic mass is 16.5. The van der Waals surface area contributed by atoms with Crippen LogP contribution in [-0.2, 0) is 25.5 Å². The molecule has 0 radical (unpaired) electrons. The molecule has 4 atom stereocenters. The standard InChI is InChI=1S/C25H29N3O9/c1-27(2)13-8-11(24(35)37-5)18(29)15-10(13)6-9-7-12-17(28(3)4)20(31)16(23(26)34)22(33)25(12,36)21(32)14(9)19(15)30/h8-9,12,17,29-30,33,36H,6-7H2,1-5H3,(H2,26,34)/t9-,12-,17?,25-/m0/s1. The molecule has 198 valence electrons. The van der Waals surface area contributed by atoms with Gasteiger partial charge in [-0.1, -0.05) is 0 Å². The SMILES string of the molecule is COC(=O)c1cc(N(C)C)c2c(c1O)C(O)=C1C(=O)[C@]3(O)C(O)=C(C(N)=O)C(=O)C(N(C)C)[C@@H]3C[C@@H]1C2. The highest BCUT2D eigenvalue weighted by Gasteiger charge is 2.64. The number of aliphatic hydroxyl groups excluding tert-OH is 2. The van der Waals surface area contributed by atoms with Crippen LogP contribution < -0.4 is 10.6 Å². The molecule has 0 aromatic heterocycles. The number of carbonyl (C=O) groups excluding carboxylic acids is 4. The largest absolute Gasteiger partial charge is 0.508 e. The average molecular weight is 516 g/mol. The molecular formula is C25H29N3O9. The summed E-state index contributed by atoms with van der Waals surface area (Å²) in [4.78, 5) is 54.5. The number of hydrogen-bond acceptors (Lipinski definition) is 11. The smallest absolute Gasteiger partial charge is 0.341 e. The van der Waals surface area contributed by atoms with Gasteiger partial charge in [0.2, 0.25) is 5.78 Å². The number of aromatic hydroxyl groups is 1. The van der Waals surface area contributed by atoms with Gasteiger partial charge in [-0.05, 0) is 44.5 Å². The van der Waals surface area contributed by atoms with Gasteiger partial charge in [0.15, 0.2) is 11.4 Å². The Balaban J connectivity index is 2.02. The lowest BCUT2D eigenvalue weighted by Gasteiger charge is -2.50. The summed E-state index contributed by atoms with van der Waals surface area (Å²) in [5.74, 6) is -8.46. The van der Waals surface area contributed by atoms with Crippen molar-refractivity contribution in [3.05, 3.63) is 39.7 Å². The first-order valence-corrected chi connectivity index (χ1v) is 11.5. The molecule has 37 heavy (non-hydrogen) atoms. The van der Waals surface area contributed by atoms with Crippen LogP contribution in [0, 0.1) is 11.8 Å². The molecule has 1 saturated carbocycles. The number of esters is 1. The van der Waals surface area contributed by atoms with Gasteiger partial charge < -0.3 is 35.8 Å². The third kappa shape index (κ3) is 3.43. The van der Waals surface area contributed by atoms with Crippen molar-refractivity contribution in [2.75, 3.05) is 40.2 Å². The summed E-state index contributed by atoms with van der Waals surface area (Å²) < 4.78 is 4.74. The normalized spacial score (nSPS) is 27.1. The van der Waals surface area contributed by atoms with Gasteiger partial charge in [0.1, 0.15) is 28.4 Å². The van der Waals surface area contributed by atoms with Crippen LogP contribution in [0.25, 0.3) is 5.76 Å². The number of fused-ring (bicyclic) bond motifs is 3. The number of benzene rings is 1. The summed E-state index contributed by atoms with van der Waals surface area (Å²) in [5, 5.41) is 44.8. The number of anilines is 1. The maximum absolute atomic E-state index is 13.9. The predicted molar refractivity (Wildman–Crippen MR) is 130 cm³/mol. The second-order valence-corrected chi connectivity index (χ2v) is 9.99. The molecule has 0 bridgehead atoms. The molecule has 12 heteroatoms. The van der Waals surface area contributed by atoms with E-state index in [2.05, 4.69) is 0 Å². The van der Waals surface area contributed by atoms with Crippen LogP contribution in [0.15, 0.2) is 23.0 Å². The molecule has 1 amide bonds. The predicted octanol–water partition coefficient (Wildman–Crippen LogP) is -0.183. The molecule has 0 saturated heterocycles. The van der Waals surface area contributed by atoms with Crippen LogP contribution in [0.4, 0.5) is 5.69 Å². The van der Waals surface area contributed by atoms with Gasteiger partial charge in [0, 0.05) is 31.3 Å². The number of amides is 1. The number of aliphatic hydroxyl groups is 3. The quantitative estimate of drug-likeness (QED) is 0.264. The van der Waals surface area contributed by atoms with E-state index >= 15 is 0 Å². The monoisotopic (exact) mass is 515 g/mol. The van der Waals surface area contributed by atoms with Crippen LogP contribution in [0.2, 0.25) is 0 Å². The zero-order valence-electron chi connectivity index (χ0n) is 21.0. The highest BCUT2D eigenvalue weighted by molar-refractivity contribution is 6.24. The number of likely N-dealkylation sites (N-methyl/N-ethyl adjacent to an activating group) is 1. The fraction of sp³-hybridized carbons (Fsp3) is 0.440. The van der Waals surface area contributed by atoms with Crippen molar-refractivity contribution in [2.24, 2.45) is 17.6 Å². The van der Waals surface area contributed by atoms with E-state index in [4.69, 9.17) is 10.5 Å². The first-order valence-electron chi connectivity index (χ1n) is 11.5. The van der Waals surface area contributed by atoms with E-state index in [-0.39, 0.29) is 29.5 Å². The first-order chi connectivity index (χ1) is 17.2. The molecule has 3 aliphatic rings. The van der Waals surface area contributed by atoms with E-state index in [0.717, 1.165) is 7.11 Å². The molecule has 0 aliphatic heterocycles. The van der Waals surface area contributed by atoms with E-state index in [9.17, 15) is 39.6 Å². The minimum atomic E-state index is -2.73. The van der Waals surface area contributed by atoms with Gasteiger partial charge in [-0.25, -0.2) is 4.79 Å². The van der Waals surface area contributed by atoms with Crippen LogP contribution >= 0.6 is 0 Å². The number of ether oxygens (including phenoxy) is 1. The van der Waals surface area contributed by atoms with Crippen molar-refractivity contribution in [1.29, 1.82) is 0 Å². The molecule has 1 fully saturated rings. The number of phenolic OH excluding ortho intramolecular Hbond substituents is 1. The van der Waals surface area contributed by atoms with Gasteiger partial charge in [-0.2, -0.15) is 0 Å². The zero-order valence-corrected chi connectivity index (χ0v) is 21.0. The number of ketones is 2. The molecule has 6 N–H and O–H groups in total. The number of carbonyl (C=O) groups is 4. The number of nitrogens with two attached hydrogens (primary N) is 1. The second kappa shape index (κ2) is 8.60. The van der Waals surface area contributed by atoms with Crippen LogP contribution in [-0.4, -0.2) is 95.7 Å². The number of phenols is 1. The molecule has 1 aromatic carbocycles. The summed E-state index contributed by atoms with van der Waals surface area (Å²) in [6, 6.07) is 0.251. The van der Waals surface area contributed by atoms with Crippen molar-refractivity contribution >= 4 is 34.9 Å². The molecule has 1 aromatic rings. The first kappa shape index (κ1) is 26.2. The van der Waals surface area contributed by atoms with E-state index in [0.29, 0.717) is 11.3 Å². The Labute approximate surface area is 212 Å². The molecule has 4 rings (SSSR count).